The first-order chi connectivity index (χ1) is 16.7. The number of methoxy groups -OCH3 is 1. The van der Waals surface area contributed by atoms with Crippen LogP contribution in [-0.2, 0) is 11.4 Å². The summed E-state index contributed by atoms with van der Waals surface area (Å²) in [5, 5.41) is 7.28. The average Bonchev–Trinajstić information content (AvgIpc) is 3.34. The molecule has 176 valence electrons. The number of carbonyl (C=O) groups is 1. The number of hydrogen-bond donors (Lipinski definition) is 1. The van der Waals surface area contributed by atoms with E-state index in [1.54, 1.807) is 12.0 Å². The number of urea groups is 1. The zero-order valence-electron chi connectivity index (χ0n) is 19.4. The first-order valence-electron chi connectivity index (χ1n) is 11.3. The van der Waals surface area contributed by atoms with Crippen LogP contribution in [0.15, 0.2) is 84.0 Å². The topological polar surface area (TPSA) is 72.4 Å². The summed E-state index contributed by atoms with van der Waals surface area (Å²) >= 11 is 0. The summed E-state index contributed by atoms with van der Waals surface area (Å²) in [7, 11) is 1.64. The summed E-state index contributed by atoms with van der Waals surface area (Å²) in [5.74, 6) is 1.52. The Morgan fingerprint density at radius 2 is 1.79 bits per heavy atom. The molecule has 0 saturated heterocycles. The number of ether oxygens (including phenoxy) is 2. The van der Waals surface area contributed by atoms with Gasteiger partial charge in [-0.25, -0.2) is 4.79 Å². The first-order valence-corrected chi connectivity index (χ1v) is 11.3. The number of hydrogen-bond acceptors (Lipinski definition) is 5. The van der Waals surface area contributed by atoms with Crippen molar-refractivity contribution in [2.24, 2.45) is 5.16 Å². The van der Waals surface area contributed by atoms with E-state index in [1.165, 1.54) is 0 Å². The van der Waals surface area contributed by atoms with Crippen LogP contribution in [0.2, 0.25) is 0 Å². The molecule has 3 aromatic rings. The van der Waals surface area contributed by atoms with Crippen molar-refractivity contribution in [3.63, 3.8) is 0 Å². The molecule has 0 bridgehead atoms. The molecule has 34 heavy (non-hydrogen) atoms. The number of para-hydroxylation sites is 1. The number of anilines is 1. The molecule has 7 heteroatoms. The second-order valence-electron chi connectivity index (χ2n) is 7.92. The van der Waals surface area contributed by atoms with E-state index in [0.29, 0.717) is 31.8 Å². The molecule has 1 unspecified atom stereocenters. The number of nitrogens with one attached hydrogen (secondary N) is 1. The highest BCUT2D eigenvalue weighted by Gasteiger charge is 2.28. The van der Waals surface area contributed by atoms with Crippen LogP contribution in [-0.4, -0.2) is 43.0 Å². The molecule has 1 N–H and O–H groups in total. The number of nitrogens with zero attached hydrogens (tertiary/aromatic N) is 2. The van der Waals surface area contributed by atoms with E-state index in [0.717, 1.165) is 28.3 Å². The molecule has 1 atom stereocenters. The van der Waals surface area contributed by atoms with Crippen LogP contribution in [0, 0.1) is 0 Å². The van der Waals surface area contributed by atoms with Crippen molar-refractivity contribution in [1.82, 2.24) is 4.90 Å². The Labute approximate surface area is 199 Å². The number of oxime groups is 1. The highest BCUT2D eigenvalue weighted by atomic mass is 16.6. The molecule has 1 aliphatic rings. The molecule has 0 aromatic heterocycles. The lowest BCUT2D eigenvalue weighted by molar-refractivity contribution is 0.0608. The maximum Gasteiger partial charge on any atom is 0.322 e. The van der Waals surface area contributed by atoms with E-state index in [1.807, 2.05) is 85.8 Å². The molecule has 0 saturated carbocycles. The van der Waals surface area contributed by atoms with Gasteiger partial charge in [0.15, 0.2) is 6.10 Å². The molecule has 0 radical (unpaired) electrons. The Kier molecular flexibility index (Phi) is 7.65. The lowest BCUT2D eigenvalue weighted by atomic mass is 10.0. The van der Waals surface area contributed by atoms with Gasteiger partial charge in [0.1, 0.15) is 11.5 Å². The van der Waals surface area contributed by atoms with Crippen molar-refractivity contribution in [3.05, 3.63) is 90.0 Å². The Bertz CT molecular complexity index is 1120. The number of rotatable bonds is 9. The van der Waals surface area contributed by atoms with Crippen LogP contribution in [0.25, 0.3) is 0 Å². The smallest absolute Gasteiger partial charge is 0.322 e. The van der Waals surface area contributed by atoms with Crippen molar-refractivity contribution in [1.29, 1.82) is 0 Å². The van der Waals surface area contributed by atoms with Crippen molar-refractivity contribution in [2.45, 2.75) is 26.0 Å². The SMILES string of the molecule is CCOc1ccc(NC(=O)N(Cc2ccccc2)CC2CC(c3ccccc3OC)=NO2)cc1. The van der Waals surface area contributed by atoms with Gasteiger partial charge in [-0.1, -0.05) is 47.6 Å². The molecular formula is C27H29N3O4. The van der Waals surface area contributed by atoms with Gasteiger partial charge in [0.25, 0.3) is 0 Å². The molecule has 1 heterocycles. The Morgan fingerprint density at radius 3 is 2.53 bits per heavy atom. The largest absolute Gasteiger partial charge is 0.496 e. The van der Waals surface area contributed by atoms with Crippen LogP contribution in [0.4, 0.5) is 10.5 Å². The number of benzene rings is 3. The van der Waals surface area contributed by atoms with E-state index in [2.05, 4.69) is 10.5 Å². The van der Waals surface area contributed by atoms with Crippen molar-refractivity contribution in [2.75, 3.05) is 25.6 Å². The molecule has 2 amide bonds. The molecule has 1 aliphatic heterocycles. The summed E-state index contributed by atoms with van der Waals surface area (Å²) in [6.07, 6.45) is 0.330. The zero-order chi connectivity index (χ0) is 23.8. The lowest BCUT2D eigenvalue weighted by Gasteiger charge is -2.25. The van der Waals surface area contributed by atoms with Gasteiger partial charge >= 0.3 is 6.03 Å². The van der Waals surface area contributed by atoms with Crippen LogP contribution < -0.4 is 14.8 Å². The van der Waals surface area contributed by atoms with E-state index >= 15 is 0 Å². The third kappa shape index (κ3) is 5.86. The molecule has 0 spiro atoms. The predicted octanol–water partition coefficient (Wildman–Crippen LogP) is 5.32. The van der Waals surface area contributed by atoms with Gasteiger partial charge in [-0.2, -0.15) is 0 Å². The maximum atomic E-state index is 13.2. The van der Waals surface area contributed by atoms with Crippen molar-refractivity contribution >= 4 is 17.4 Å². The molecular weight excluding hydrogens is 430 g/mol. The highest BCUT2D eigenvalue weighted by molar-refractivity contribution is 6.03. The molecule has 3 aromatic carbocycles. The van der Waals surface area contributed by atoms with Crippen LogP contribution >= 0.6 is 0 Å². The third-order valence-electron chi connectivity index (χ3n) is 5.49. The van der Waals surface area contributed by atoms with Crippen molar-refractivity contribution < 1.29 is 19.1 Å². The summed E-state index contributed by atoms with van der Waals surface area (Å²) in [5.41, 5.74) is 3.45. The van der Waals surface area contributed by atoms with Gasteiger partial charge in [-0.05, 0) is 48.9 Å². The molecule has 0 aliphatic carbocycles. The Morgan fingerprint density at radius 1 is 1.06 bits per heavy atom. The minimum Gasteiger partial charge on any atom is -0.496 e. The fraction of sp³-hybridized carbons (Fsp3) is 0.259. The Balaban J connectivity index is 1.45. The van der Waals surface area contributed by atoms with Gasteiger partial charge in [-0.15, -0.1) is 0 Å². The summed E-state index contributed by atoms with van der Waals surface area (Å²) in [4.78, 5) is 20.7. The fourth-order valence-electron chi connectivity index (χ4n) is 3.84. The summed E-state index contributed by atoms with van der Waals surface area (Å²) < 4.78 is 10.9. The van der Waals surface area contributed by atoms with E-state index in [4.69, 9.17) is 14.3 Å². The fourth-order valence-corrected chi connectivity index (χ4v) is 3.84. The molecule has 0 fully saturated rings. The maximum absolute atomic E-state index is 13.2. The zero-order valence-corrected chi connectivity index (χ0v) is 19.4. The van der Waals surface area contributed by atoms with Crippen LogP contribution in [0.1, 0.15) is 24.5 Å². The molecule has 7 nitrogen and oxygen atoms in total. The van der Waals surface area contributed by atoms with E-state index in [-0.39, 0.29) is 12.1 Å². The van der Waals surface area contributed by atoms with Gasteiger partial charge in [-0.3, -0.25) is 0 Å². The standard InChI is InChI=1S/C27H29N3O4/c1-3-33-22-15-13-21(14-16-22)28-27(31)30(18-20-9-5-4-6-10-20)19-23-17-25(29-34-23)24-11-7-8-12-26(24)32-2/h4-16,23H,3,17-19H2,1-2H3,(H,28,31). The second-order valence-corrected chi connectivity index (χ2v) is 7.92. The quantitative estimate of drug-likeness (QED) is 0.470. The van der Waals surface area contributed by atoms with Gasteiger partial charge < -0.3 is 24.5 Å². The normalized spacial score (nSPS) is 14.6. The molecule has 4 rings (SSSR count). The van der Waals surface area contributed by atoms with E-state index in [9.17, 15) is 4.79 Å². The van der Waals surface area contributed by atoms with Crippen LogP contribution in [0.3, 0.4) is 0 Å². The predicted molar refractivity (Wildman–Crippen MR) is 133 cm³/mol. The average molecular weight is 460 g/mol. The highest BCUT2D eigenvalue weighted by Crippen LogP contribution is 2.25. The minimum atomic E-state index is -0.255. The lowest BCUT2D eigenvalue weighted by Crippen LogP contribution is -2.40. The summed E-state index contributed by atoms with van der Waals surface area (Å²) in [6.45, 7) is 3.37. The monoisotopic (exact) mass is 459 g/mol. The van der Waals surface area contributed by atoms with Gasteiger partial charge in [0.05, 0.1) is 26.0 Å². The van der Waals surface area contributed by atoms with Gasteiger partial charge in [0, 0.05) is 24.2 Å². The third-order valence-corrected chi connectivity index (χ3v) is 5.49. The Hall–Kier alpha value is -4.00. The van der Waals surface area contributed by atoms with Crippen LogP contribution in [0.5, 0.6) is 11.5 Å². The first kappa shape index (κ1) is 23.2. The van der Waals surface area contributed by atoms with Gasteiger partial charge in [0.2, 0.25) is 0 Å². The second kappa shape index (κ2) is 11.2. The number of amides is 2. The number of carbonyl (C=O) groups excluding carboxylic acids is 1. The van der Waals surface area contributed by atoms with E-state index < -0.39 is 0 Å². The summed E-state index contributed by atoms with van der Waals surface area (Å²) in [6, 6.07) is 24.8. The minimum absolute atomic E-state index is 0.206. The van der Waals surface area contributed by atoms with Crippen molar-refractivity contribution in [3.8, 4) is 11.5 Å².